The summed E-state index contributed by atoms with van der Waals surface area (Å²) in [6, 6.07) is 15.0. The van der Waals surface area contributed by atoms with Crippen LogP contribution >= 0.6 is 0 Å². The summed E-state index contributed by atoms with van der Waals surface area (Å²) in [6.07, 6.45) is 1.42. The van der Waals surface area contributed by atoms with E-state index in [1.54, 1.807) is 42.5 Å². The number of carbonyl (C=O) groups is 3. The lowest BCUT2D eigenvalue weighted by Crippen LogP contribution is -2.36. The number of furan rings is 1. The maximum absolute atomic E-state index is 12.3. The molecule has 0 radical (unpaired) electrons. The Morgan fingerprint density at radius 1 is 0.875 bits per heavy atom. The summed E-state index contributed by atoms with van der Waals surface area (Å²) >= 11 is 0. The van der Waals surface area contributed by atoms with Gasteiger partial charge in [-0.1, -0.05) is 12.1 Å². The van der Waals surface area contributed by atoms with Crippen LogP contribution in [0.2, 0.25) is 0 Å². The minimum atomic E-state index is -0.413. The summed E-state index contributed by atoms with van der Waals surface area (Å²) in [5.41, 5.74) is 1.69. The van der Waals surface area contributed by atoms with Crippen LogP contribution in [0.3, 0.4) is 0 Å². The van der Waals surface area contributed by atoms with E-state index >= 15 is 0 Å². The Hall–Kier alpha value is -4.27. The van der Waals surface area contributed by atoms with Crippen LogP contribution in [-0.2, 0) is 11.3 Å². The van der Waals surface area contributed by atoms with Crippen molar-refractivity contribution >= 4 is 23.4 Å². The first-order valence-corrected chi connectivity index (χ1v) is 9.71. The van der Waals surface area contributed by atoms with Crippen LogP contribution in [0.1, 0.15) is 26.5 Å². The molecule has 0 atom stereocenters. The van der Waals surface area contributed by atoms with Gasteiger partial charge < -0.3 is 29.8 Å². The summed E-state index contributed by atoms with van der Waals surface area (Å²) in [7, 11) is 2.98. The maximum atomic E-state index is 12.3. The van der Waals surface area contributed by atoms with E-state index in [2.05, 4.69) is 16.0 Å². The molecule has 0 fully saturated rings. The second-order valence-electron chi connectivity index (χ2n) is 6.66. The number of hydrogen-bond acceptors (Lipinski definition) is 6. The highest BCUT2D eigenvalue weighted by Crippen LogP contribution is 2.27. The van der Waals surface area contributed by atoms with Gasteiger partial charge >= 0.3 is 0 Å². The van der Waals surface area contributed by atoms with Gasteiger partial charge in [-0.3, -0.25) is 14.4 Å². The normalized spacial score (nSPS) is 10.2. The number of methoxy groups -OCH3 is 2. The Bertz CT molecular complexity index is 1090. The fourth-order valence-corrected chi connectivity index (χ4v) is 2.86. The van der Waals surface area contributed by atoms with Gasteiger partial charge in [0.05, 0.1) is 27.0 Å². The average molecular weight is 437 g/mol. The van der Waals surface area contributed by atoms with E-state index in [1.165, 1.54) is 26.5 Å². The van der Waals surface area contributed by atoms with Crippen LogP contribution in [0.5, 0.6) is 11.5 Å². The van der Waals surface area contributed by atoms with E-state index in [-0.39, 0.29) is 30.7 Å². The molecule has 0 unspecified atom stereocenters. The van der Waals surface area contributed by atoms with Gasteiger partial charge in [0.2, 0.25) is 5.91 Å². The Balaban J connectivity index is 1.48. The van der Waals surface area contributed by atoms with Crippen LogP contribution in [0.25, 0.3) is 0 Å². The molecule has 3 N–H and O–H groups in total. The van der Waals surface area contributed by atoms with Gasteiger partial charge in [0.25, 0.3) is 11.8 Å². The lowest BCUT2D eigenvalue weighted by molar-refractivity contribution is -0.120. The molecule has 2 aromatic carbocycles. The lowest BCUT2D eigenvalue weighted by atomic mass is 10.2. The summed E-state index contributed by atoms with van der Waals surface area (Å²) < 4.78 is 15.4. The number of anilines is 1. The number of rotatable bonds is 9. The molecule has 0 bridgehead atoms. The fraction of sp³-hybridized carbons (Fsp3) is 0.174. The third-order valence-electron chi connectivity index (χ3n) is 4.47. The molecule has 0 spiro atoms. The van der Waals surface area contributed by atoms with Crippen molar-refractivity contribution in [3.63, 3.8) is 0 Å². The standard InChI is InChI=1S/C23H23N3O6/c1-30-18-9-8-16(12-20(18)31-2)22(28)25-14-21(27)24-13-15-5-3-6-17(11-15)26-23(29)19-7-4-10-32-19/h3-12H,13-14H2,1-2H3,(H,24,27)(H,25,28)(H,26,29). The van der Waals surface area contributed by atoms with Crippen molar-refractivity contribution in [3.05, 3.63) is 77.7 Å². The minimum absolute atomic E-state index is 0.192. The molecule has 9 heteroatoms. The predicted molar refractivity (Wildman–Crippen MR) is 117 cm³/mol. The zero-order valence-corrected chi connectivity index (χ0v) is 17.6. The molecule has 9 nitrogen and oxygen atoms in total. The summed E-state index contributed by atoms with van der Waals surface area (Å²) in [6.45, 7) is 0.0393. The van der Waals surface area contributed by atoms with Crippen LogP contribution in [0.15, 0.2) is 65.3 Å². The van der Waals surface area contributed by atoms with E-state index < -0.39 is 5.91 Å². The second kappa shape index (κ2) is 10.7. The molecule has 0 aliphatic heterocycles. The molecular weight excluding hydrogens is 414 g/mol. The van der Waals surface area contributed by atoms with Gasteiger partial charge in [0.15, 0.2) is 17.3 Å². The molecule has 32 heavy (non-hydrogen) atoms. The van der Waals surface area contributed by atoms with E-state index in [1.807, 2.05) is 6.07 Å². The zero-order chi connectivity index (χ0) is 22.9. The van der Waals surface area contributed by atoms with Crippen molar-refractivity contribution in [1.82, 2.24) is 10.6 Å². The van der Waals surface area contributed by atoms with Gasteiger partial charge in [-0.25, -0.2) is 0 Å². The molecule has 3 aromatic rings. The van der Waals surface area contributed by atoms with Gasteiger partial charge in [-0.15, -0.1) is 0 Å². The number of hydrogen-bond donors (Lipinski definition) is 3. The van der Waals surface area contributed by atoms with Crippen LogP contribution in [0, 0.1) is 0 Å². The molecular formula is C23H23N3O6. The number of amides is 3. The van der Waals surface area contributed by atoms with E-state index in [9.17, 15) is 14.4 Å². The number of benzene rings is 2. The number of nitrogens with one attached hydrogen (secondary N) is 3. The fourth-order valence-electron chi connectivity index (χ4n) is 2.86. The third-order valence-corrected chi connectivity index (χ3v) is 4.47. The van der Waals surface area contributed by atoms with Gasteiger partial charge in [0.1, 0.15) is 0 Å². The van der Waals surface area contributed by atoms with Crippen molar-refractivity contribution in [3.8, 4) is 11.5 Å². The highest BCUT2D eigenvalue weighted by Gasteiger charge is 2.12. The maximum Gasteiger partial charge on any atom is 0.291 e. The van der Waals surface area contributed by atoms with Crippen LogP contribution in [0.4, 0.5) is 5.69 Å². The molecule has 166 valence electrons. The molecule has 0 saturated carbocycles. The molecule has 1 aromatic heterocycles. The first kappa shape index (κ1) is 22.4. The smallest absolute Gasteiger partial charge is 0.291 e. The van der Waals surface area contributed by atoms with E-state index in [4.69, 9.17) is 13.9 Å². The third kappa shape index (κ3) is 5.88. The second-order valence-corrected chi connectivity index (χ2v) is 6.66. The minimum Gasteiger partial charge on any atom is -0.493 e. The Labute approximate surface area is 184 Å². The largest absolute Gasteiger partial charge is 0.493 e. The van der Waals surface area contributed by atoms with Gasteiger partial charge in [-0.2, -0.15) is 0 Å². The van der Waals surface area contributed by atoms with Crippen molar-refractivity contribution < 1.29 is 28.3 Å². The van der Waals surface area contributed by atoms with Crippen molar-refractivity contribution in [2.75, 3.05) is 26.1 Å². The van der Waals surface area contributed by atoms with Crippen molar-refractivity contribution in [2.24, 2.45) is 0 Å². The number of ether oxygens (including phenoxy) is 2. The highest BCUT2D eigenvalue weighted by atomic mass is 16.5. The summed E-state index contributed by atoms with van der Waals surface area (Å²) in [5, 5.41) is 8.01. The molecule has 3 amide bonds. The summed E-state index contributed by atoms with van der Waals surface area (Å²) in [5.74, 6) is -0.0106. The summed E-state index contributed by atoms with van der Waals surface area (Å²) in [4.78, 5) is 36.5. The SMILES string of the molecule is COc1ccc(C(=O)NCC(=O)NCc2cccc(NC(=O)c3ccco3)c2)cc1OC. The molecule has 1 heterocycles. The highest BCUT2D eigenvalue weighted by molar-refractivity contribution is 6.02. The van der Waals surface area contributed by atoms with E-state index in [0.29, 0.717) is 22.7 Å². The predicted octanol–water partition coefficient (Wildman–Crippen LogP) is 2.60. The molecule has 0 saturated heterocycles. The quantitative estimate of drug-likeness (QED) is 0.474. The monoisotopic (exact) mass is 437 g/mol. The molecule has 0 aliphatic carbocycles. The Morgan fingerprint density at radius 3 is 2.41 bits per heavy atom. The van der Waals surface area contributed by atoms with Crippen LogP contribution < -0.4 is 25.4 Å². The van der Waals surface area contributed by atoms with Gasteiger partial charge in [0, 0.05) is 17.8 Å². The number of carbonyl (C=O) groups excluding carboxylic acids is 3. The zero-order valence-electron chi connectivity index (χ0n) is 17.6. The Kier molecular flexibility index (Phi) is 7.47. The van der Waals surface area contributed by atoms with Crippen molar-refractivity contribution in [2.45, 2.75) is 6.54 Å². The first-order valence-electron chi connectivity index (χ1n) is 9.71. The lowest BCUT2D eigenvalue weighted by Gasteiger charge is -2.11. The Morgan fingerprint density at radius 2 is 1.69 bits per heavy atom. The molecule has 0 aliphatic rings. The van der Waals surface area contributed by atoms with Crippen LogP contribution in [-0.4, -0.2) is 38.5 Å². The van der Waals surface area contributed by atoms with Crippen molar-refractivity contribution in [1.29, 1.82) is 0 Å². The van der Waals surface area contributed by atoms with Gasteiger partial charge in [-0.05, 0) is 48.0 Å². The first-order chi connectivity index (χ1) is 15.5. The van der Waals surface area contributed by atoms with E-state index in [0.717, 1.165) is 5.56 Å². The topological polar surface area (TPSA) is 119 Å². The average Bonchev–Trinajstić information content (AvgIpc) is 3.36. The molecule has 3 rings (SSSR count).